The average molecular weight is 307 g/mol. The van der Waals surface area contributed by atoms with Crippen LogP contribution in [0.2, 0.25) is 0 Å². The highest BCUT2D eigenvalue weighted by molar-refractivity contribution is 7.80. The average Bonchev–Trinajstić information content (AvgIpc) is 2.53. The standard InChI is InChI=1S/C14H17N3O3S/c1-16-13(18)11-8-20-6-5-17(11)14(19)10-4-2-3-9(7-10)12(15)21/h2-4,7,11H,5-6,8H2,1H3,(H2,15,21)(H,16,18). The van der Waals surface area contributed by atoms with Gasteiger partial charge in [-0.15, -0.1) is 0 Å². The van der Waals surface area contributed by atoms with Crippen LogP contribution in [0.1, 0.15) is 15.9 Å². The van der Waals surface area contributed by atoms with Crippen molar-refractivity contribution in [2.45, 2.75) is 6.04 Å². The molecule has 1 atom stereocenters. The summed E-state index contributed by atoms with van der Waals surface area (Å²) < 4.78 is 5.29. The molecule has 2 amide bonds. The number of thiocarbonyl (C=S) groups is 1. The fourth-order valence-corrected chi connectivity index (χ4v) is 2.33. The van der Waals surface area contributed by atoms with Gasteiger partial charge in [-0.3, -0.25) is 9.59 Å². The largest absolute Gasteiger partial charge is 0.389 e. The molecule has 0 bridgehead atoms. The minimum Gasteiger partial charge on any atom is -0.389 e. The van der Waals surface area contributed by atoms with Gasteiger partial charge in [-0.2, -0.15) is 0 Å². The van der Waals surface area contributed by atoms with Crippen LogP contribution in [-0.2, 0) is 9.53 Å². The molecule has 21 heavy (non-hydrogen) atoms. The molecule has 1 aromatic carbocycles. The van der Waals surface area contributed by atoms with Gasteiger partial charge in [0.2, 0.25) is 5.91 Å². The number of hydrogen-bond acceptors (Lipinski definition) is 4. The van der Waals surface area contributed by atoms with Crippen molar-refractivity contribution in [3.05, 3.63) is 35.4 Å². The lowest BCUT2D eigenvalue weighted by atomic mass is 10.1. The normalized spacial score (nSPS) is 18.1. The van der Waals surface area contributed by atoms with E-state index in [1.54, 1.807) is 24.3 Å². The van der Waals surface area contributed by atoms with E-state index in [1.165, 1.54) is 11.9 Å². The number of rotatable bonds is 3. The van der Waals surface area contributed by atoms with Gasteiger partial charge in [0.05, 0.1) is 13.2 Å². The zero-order valence-corrected chi connectivity index (χ0v) is 12.5. The van der Waals surface area contributed by atoms with Crippen LogP contribution in [0.3, 0.4) is 0 Å². The molecule has 0 radical (unpaired) electrons. The first-order valence-corrected chi connectivity index (χ1v) is 6.95. The van der Waals surface area contributed by atoms with Crippen molar-refractivity contribution in [2.24, 2.45) is 5.73 Å². The summed E-state index contributed by atoms with van der Waals surface area (Å²) >= 11 is 4.92. The number of hydrogen-bond donors (Lipinski definition) is 2. The van der Waals surface area contributed by atoms with E-state index in [0.717, 1.165) is 0 Å². The molecule has 1 aromatic rings. The van der Waals surface area contributed by atoms with E-state index in [4.69, 9.17) is 22.7 Å². The third-order valence-corrected chi connectivity index (χ3v) is 3.57. The van der Waals surface area contributed by atoms with Crippen LogP contribution >= 0.6 is 12.2 Å². The van der Waals surface area contributed by atoms with Crippen molar-refractivity contribution in [3.63, 3.8) is 0 Å². The van der Waals surface area contributed by atoms with Gasteiger partial charge in [-0.1, -0.05) is 24.4 Å². The van der Waals surface area contributed by atoms with Gasteiger partial charge in [0.15, 0.2) is 0 Å². The number of carbonyl (C=O) groups is 2. The molecule has 0 spiro atoms. The number of morpholine rings is 1. The third kappa shape index (κ3) is 3.37. The molecule has 1 heterocycles. The lowest BCUT2D eigenvalue weighted by Gasteiger charge is -2.34. The first-order chi connectivity index (χ1) is 10.0. The van der Waals surface area contributed by atoms with Crippen molar-refractivity contribution in [1.82, 2.24) is 10.2 Å². The van der Waals surface area contributed by atoms with Crippen LogP contribution in [-0.4, -0.2) is 54.6 Å². The molecule has 112 valence electrons. The van der Waals surface area contributed by atoms with Crippen LogP contribution in [0, 0.1) is 0 Å². The van der Waals surface area contributed by atoms with Crippen LogP contribution in [0.25, 0.3) is 0 Å². The number of nitrogens with one attached hydrogen (secondary N) is 1. The molecule has 1 saturated heterocycles. The number of nitrogens with two attached hydrogens (primary N) is 1. The Morgan fingerprint density at radius 2 is 2.14 bits per heavy atom. The summed E-state index contributed by atoms with van der Waals surface area (Å²) in [6.45, 7) is 0.975. The van der Waals surface area contributed by atoms with Crippen molar-refractivity contribution < 1.29 is 14.3 Å². The number of ether oxygens (including phenoxy) is 1. The van der Waals surface area contributed by atoms with E-state index in [0.29, 0.717) is 24.3 Å². The summed E-state index contributed by atoms with van der Waals surface area (Å²) in [5.41, 5.74) is 6.66. The zero-order chi connectivity index (χ0) is 15.4. The van der Waals surface area contributed by atoms with Crippen molar-refractivity contribution in [3.8, 4) is 0 Å². The fourth-order valence-electron chi connectivity index (χ4n) is 2.20. The molecule has 2 rings (SSSR count). The molecule has 6 nitrogen and oxygen atoms in total. The Kier molecular flexibility index (Phi) is 4.87. The molecule has 0 aromatic heterocycles. The first-order valence-electron chi connectivity index (χ1n) is 6.54. The Hall–Kier alpha value is -1.99. The van der Waals surface area contributed by atoms with Crippen LogP contribution in [0.15, 0.2) is 24.3 Å². The minimum absolute atomic E-state index is 0.195. The number of carbonyl (C=O) groups excluding carboxylic acids is 2. The van der Waals surface area contributed by atoms with Crippen LogP contribution in [0.5, 0.6) is 0 Å². The maximum absolute atomic E-state index is 12.6. The van der Waals surface area contributed by atoms with E-state index in [-0.39, 0.29) is 23.4 Å². The van der Waals surface area contributed by atoms with E-state index in [1.807, 2.05) is 0 Å². The van der Waals surface area contributed by atoms with Crippen molar-refractivity contribution >= 4 is 29.0 Å². The lowest BCUT2D eigenvalue weighted by molar-refractivity contribution is -0.130. The monoisotopic (exact) mass is 307 g/mol. The van der Waals surface area contributed by atoms with Gasteiger partial charge in [0.1, 0.15) is 11.0 Å². The van der Waals surface area contributed by atoms with E-state index < -0.39 is 6.04 Å². The second-order valence-electron chi connectivity index (χ2n) is 4.65. The molecule has 1 fully saturated rings. The predicted molar refractivity (Wildman–Crippen MR) is 82.0 cm³/mol. The Morgan fingerprint density at radius 3 is 2.81 bits per heavy atom. The molecular weight excluding hydrogens is 290 g/mol. The summed E-state index contributed by atoms with van der Waals surface area (Å²) in [7, 11) is 1.53. The zero-order valence-electron chi connectivity index (χ0n) is 11.7. The second-order valence-corrected chi connectivity index (χ2v) is 5.09. The molecule has 0 aliphatic carbocycles. The van der Waals surface area contributed by atoms with Gasteiger partial charge in [0, 0.05) is 24.7 Å². The molecule has 3 N–H and O–H groups in total. The third-order valence-electron chi connectivity index (χ3n) is 3.33. The Balaban J connectivity index is 2.26. The molecule has 7 heteroatoms. The van der Waals surface area contributed by atoms with Gasteiger partial charge in [0.25, 0.3) is 5.91 Å². The SMILES string of the molecule is CNC(=O)C1COCCN1C(=O)c1cccc(C(N)=S)c1. The second kappa shape index (κ2) is 6.64. The molecular formula is C14H17N3O3S. The Labute approximate surface area is 128 Å². The number of amides is 2. The van der Waals surface area contributed by atoms with Gasteiger partial charge >= 0.3 is 0 Å². The maximum atomic E-state index is 12.6. The quantitative estimate of drug-likeness (QED) is 0.762. The predicted octanol–water partition coefficient (Wildman–Crippen LogP) is -0.0922. The highest BCUT2D eigenvalue weighted by Crippen LogP contribution is 2.14. The van der Waals surface area contributed by atoms with Crippen molar-refractivity contribution in [2.75, 3.05) is 26.8 Å². The smallest absolute Gasteiger partial charge is 0.254 e. The minimum atomic E-state index is -0.621. The van der Waals surface area contributed by atoms with Crippen molar-refractivity contribution in [1.29, 1.82) is 0 Å². The summed E-state index contributed by atoms with van der Waals surface area (Å²) in [5, 5.41) is 2.55. The molecule has 1 unspecified atom stereocenters. The van der Waals surface area contributed by atoms with E-state index in [9.17, 15) is 9.59 Å². The molecule has 1 aliphatic rings. The molecule has 0 saturated carbocycles. The summed E-state index contributed by atoms with van der Waals surface area (Å²) in [4.78, 5) is 26.2. The fraction of sp³-hybridized carbons (Fsp3) is 0.357. The Morgan fingerprint density at radius 1 is 1.43 bits per heavy atom. The van der Waals surface area contributed by atoms with E-state index in [2.05, 4.69) is 5.32 Å². The lowest BCUT2D eigenvalue weighted by Crippen LogP contribution is -2.55. The van der Waals surface area contributed by atoms with Crippen LogP contribution in [0.4, 0.5) is 0 Å². The topological polar surface area (TPSA) is 84.7 Å². The van der Waals surface area contributed by atoms with Gasteiger partial charge < -0.3 is 20.7 Å². The number of benzene rings is 1. The highest BCUT2D eigenvalue weighted by atomic mass is 32.1. The first kappa shape index (κ1) is 15.4. The highest BCUT2D eigenvalue weighted by Gasteiger charge is 2.32. The van der Waals surface area contributed by atoms with E-state index >= 15 is 0 Å². The van der Waals surface area contributed by atoms with Crippen LogP contribution < -0.4 is 11.1 Å². The number of nitrogens with zero attached hydrogens (tertiary/aromatic N) is 1. The van der Waals surface area contributed by atoms with Gasteiger partial charge in [-0.05, 0) is 12.1 Å². The van der Waals surface area contributed by atoms with Gasteiger partial charge in [-0.25, -0.2) is 0 Å². The Bertz CT molecular complexity index is 576. The molecule has 1 aliphatic heterocycles. The summed E-state index contributed by atoms with van der Waals surface area (Å²) in [6.07, 6.45) is 0. The number of likely N-dealkylation sites (N-methyl/N-ethyl adjacent to an activating group) is 1. The maximum Gasteiger partial charge on any atom is 0.254 e. The summed E-state index contributed by atoms with van der Waals surface area (Å²) in [5.74, 6) is -0.474. The summed E-state index contributed by atoms with van der Waals surface area (Å²) in [6, 6.07) is 6.16.